The first-order chi connectivity index (χ1) is 13.5. The fourth-order valence-corrected chi connectivity index (χ4v) is 3.32. The lowest BCUT2D eigenvalue weighted by atomic mass is 10.2. The molecule has 0 spiro atoms. The molecule has 142 valence electrons. The monoisotopic (exact) mass is 395 g/mol. The largest absolute Gasteiger partial charge is 0.349 e. The summed E-state index contributed by atoms with van der Waals surface area (Å²) >= 11 is 6.31. The van der Waals surface area contributed by atoms with E-state index in [9.17, 15) is 9.59 Å². The number of nitrogens with zero attached hydrogens (tertiary/aromatic N) is 3. The van der Waals surface area contributed by atoms with Crippen molar-refractivity contribution in [1.29, 1.82) is 0 Å². The summed E-state index contributed by atoms with van der Waals surface area (Å²) in [6, 6.07) is 13.7. The third-order valence-electron chi connectivity index (χ3n) is 4.57. The Hall–Kier alpha value is -3.03. The average molecular weight is 396 g/mol. The standard InChI is InChI=1S/C20H18ClN5O2/c1-12-9-15-16(10-14(12)21)26(8-7-22-11-13-5-3-2-4-6-13)18-17(23-15)19(27)25-20(28)24-18/h2-6,9-10,22H,7-8,11H2,1H3,(H,25,27,28). The Kier molecular flexibility index (Phi) is 4.93. The van der Waals surface area contributed by atoms with Gasteiger partial charge in [0.05, 0.1) is 11.0 Å². The highest BCUT2D eigenvalue weighted by molar-refractivity contribution is 6.32. The lowest BCUT2D eigenvalue weighted by Crippen LogP contribution is -2.30. The number of fused-ring (bicyclic) bond motifs is 2. The van der Waals surface area contributed by atoms with E-state index in [4.69, 9.17) is 11.6 Å². The zero-order valence-electron chi connectivity index (χ0n) is 15.2. The SMILES string of the molecule is Cc1cc2nc3c(=O)[nH]c(=O)nc-3n(CCNCc3ccccc3)c2cc1Cl. The number of aromatic nitrogens is 4. The Morgan fingerprint density at radius 1 is 1.14 bits per heavy atom. The first-order valence-corrected chi connectivity index (χ1v) is 9.26. The Morgan fingerprint density at radius 2 is 1.93 bits per heavy atom. The molecule has 7 nitrogen and oxygen atoms in total. The Bertz CT molecular complexity index is 1230. The Labute approximate surface area is 165 Å². The summed E-state index contributed by atoms with van der Waals surface area (Å²) < 4.78 is 1.82. The number of H-pyrrole nitrogens is 1. The maximum atomic E-state index is 12.2. The number of hydrogen-bond donors (Lipinski definition) is 2. The summed E-state index contributed by atoms with van der Waals surface area (Å²) in [6.07, 6.45) is 0. The number of aryl methyl sites for hydroxylation is 1. The lowest BCUT2D eigenvalue weighted by Gasteiger charge is -2.17. The second kappa shape index (κ2) is 7.53. The molecule has 0 fully saturated rings. The first-order valence-electron chi connectivity index (χ1n) is 8.88. The minimum atomic E-state index is -0.692. The highest BCUT2D eigenvalue weighted by Gasteiger charge is 2.19. The van der Waals surface area contributed by atoms with Crippen LogP contribution in [-0.4, -0.2) is 26.1 Å². The molecule has 0 bridgehead atoms. The molecule has 0 saturated heterocycles. The average Bonchev–Trinajstić information content (AvgIpc) is 2.67. The second-order valence-corrected chi connectivity index (χ2v) is 6.97. The molecule has 0 amide bonds. The van der Waals surface area contributed by atoms with Gasteiger partial charge in [0.2, 0.25) is 0 Å². The van der Waals surface area contributed by atoms with Crippen molar-refractivity contribution in [3.8, 4) is 11.5 Å². The van der Waals surface area contributed by atoms with Crippen molar-refractivity contribution >= 4 is 22.6 Å². The van der Waals surface area contributed by atoms with E-state index in [0.29, 0.717) is 30.2 Å². The van der Waals surface area contributed by atoms with Gasteiger partial charge in [0, 0.05) is 24.7 Å². The molecular weight excluding hydrogens is 378 g/mol. The summed E-state index contributed by atoms with van der Waals surface area (Å²) in [6.45, 7) is 3.70. The fraction of sp³-hybridized carbons (Fsp3) is 0.200. The molecule has 0 saturated carbocycles. The molecule has 2 heterocycles. The molecule has 2 aromatic carbocycles. The van der Waals surface area contributed by atoms with Crippen molar-refractivity contribution in [2.24, 2.45) is 0 Å². The Balaban J connectivity index is 1.74. The quantitative estimate of drug-likeness (QED) is 0.399. The van der Waals surface area contributed by atoms with E-state index in [0.717, 1.165) is 11.1 Å². The van der Waals surface area contributed by atoms with E-state index >= 15 is 0 Å². The summed E-state index contributed by atoms with van der Waals surface area (Å²) in [5, 5.41) is 3.96. The number of benzene rings is 2. The van der Waals surface area contributed by atoms with Crippen LogP contribution in [0.15, 0.2) is 52.1 Å². The zero-order valence-corrected chi connectivity index (χ0v) is 16.0. The van der Waals surface area contributed by atoms with E-state index in [1.54, 1.807) is 6.07 Å². The van der Waals surface area contributed by atoms with Gasteiger partial charge >= 0.3 is 5.69 Å². The summed E-state index contributed by atoms with van der Waals surface area (Å²) in [5.41, 5.74) is 2.28. The van der Waals surface area contributed by atoms with E-state index in [1.165, 1.54) is 5.56 Å². The summed E-state index contributed by atoms with van der Waals surface area (Å²) in [4.78, 5) is 34.6. The van der Waals surface area contributed by atoms with Gasteiger partial charge < -0.3 is 9.88 Å². The smallest absolute Gasteiger partial charge is 0.321 e. The van der Waals surface area contributed by atoms with E-state index < -0.39 is 11.2 Å². The molecule has 0 aliphatic carbocycles. The molecule has 28 heavy (non-hydrogen) atoms. The predicted molar refractivity (Wildman–Crippen MR) is 109 cm³/mol. The minimum absolute atomic E-state index is 0.136. The van der Waals surface area contributed by atoms with Gasteiger partial charge in [-0.25, -0.2) is 9.78 Å². The van der Waals surface area contributed by atoms with Crippen LogP contribution < -0.4 is 16.6 Å². The lowest BCUT2D eigenvalue weighted by molar-refractivity contribution is 0.603. The van der Waals surface area contributed by atoms with Crippen molar-refractivity contribution in [2.45, 2.75) is 20.0 Å². The summed E-state index contributed by atoms with van der Waals surface area (Å²) in [5.74, 6) is 0.252. The minimum Gasteiger partial charge on any atom is -0.321 e. The molecule has 4 rings (SSSR count). The van der Waals surface area contributed by atoms with Crippen LogP contribution >= 0.6 is 11.6 Å². The number of hydrogen-bond acceptors (Lipinski definition) is 5. The van der Waals surface area contributed by atoms with Crippen LogP contribution in [0.5, 0.6) is 0 Å². The highest BCUT2D eigenvalue weighted by Crippen LogP contribution is 2.26. The number of halogens is 1. The molecule has 2 aliphatic rings. The number of aromatic amines is 1. The van der Waals surface area contributed by atoms with E-state index in [1.807, 2.05) is 47.9 Å². The van der Waals surface area contributed by atoms with Gasteiger partial charge in [0.15, 0.2) is 11.5 Å². The van der Waals surface area contributed by atoms with Crippen molar-refractivity contribution in [3.63, 3.8) is 0 Å². The van der Waals surface area contributed by atoms with Crippen LogP contribution in [0.4, 0.5) is 0 Å². The summed E-state index contributed by atoms with van der Waals surface area (Å²) in [7, 11) is 0. The van der Waals surface area contributed by atoms with Gasteiger partial charge in [0.1, 0.15) is 0 Å². The van der Waals surface area contributed by atoms with Crippen molar-refractivity contribution in [1.82, 2.24) is 24.8 Å². The normalized spacial score (nSPS) is 11.4. The molecule has 2 aromatic rings. The van der Waals surface area contributed by atoms with Crippen molar-refractivity contribution in [2.75, 3.05) is 6.54 Å². The molecule has 0 aromatic heterocycles. The predicted octanol–water partition coefficient (Wildman–Crippen LogP) is 2.34. The highest BCUT2D eigenvalue weighted by atomic mass is 35.5. The molecule has 0 unspecified atom stereocenters. The van der Waals surface area contributed by atoms with Crippen LogP contribution in [0.1, 0.15) is 11.1 Å². The van der Waals surface area contributed by atoms with Crippen LogP contribution in [0.2, 0.25) is 5.02 Å². The number of rotatable bonds is 5. The van der Waals surface area contributed by atoms with Crippen LogP contribution in [0.25, 0.3) is 22.6 Å². The zero-order chi connectivity index (χ0) is 19.7. The second-order valence-electron chi connectivity index (χ2n) is 6.56. The van der Waals surface area contributed by atoms with Gasteiger partial charge in [-0.15, -0.1) is 0 Å². The van der Waals surface area contributed by atoms with Crippen molar-refractivity contribution < 1.29 is 0 Å². The van der Waals surface area contributed by atoms with Gasteiger partial charge in [-0.2, -0.15) is 4.98 Å². The van der Waals surface area contributed by atoms with Crippen LogP contribution in [-0.2, 0) is 13.1 Å². The van der Waals surface area contributed by atoms with Crippen LogP contribution in [0.3, 0.4) is 0 Å². The van der Waals surface area contributed by atoms with E-state index in [-0.39, 0.29) is 11.5 Å². The maximum absolute atomic E-state index is 12.2. The van der Waals surface area contributed by atoms with Gasteiger partial charge in [0.25, 0.3) is 5.56 Å². The van der Waals surface area contributed by atoms with Gasteiger partial charge in [-0.3, -0.25) is 9.78 Å². The van der Waals surface area contributed by atoms with Crippen LogP contribution in [0, 0.1) is 6.92 Å². The maximum Gasteiger partial charge on any atom is 0.349 e. The van der Waals surface area contributed by atoms with Gasteiger partial charge in [-0.1, -0.05) is 41.9 Å². The number of nitrogens with one attached hydrogen (secondary N) is 2. The molecule has 2 N–H and O–H groups in total. The molecule has 0 atom stereocenters. The van der Waals surface area contributed by atoms with E-state index in [2.05, 4.69) is 20.3 Å². The van der Waals surface area contributed by atoms with Crippen molar-refractivity contribution in [3.05, 3.63) is 79.5 Å². The first kappa shape index (κ1) is 18.3. The molecule has 2 aliphatic heterocycles. The molecule has 8 heteroatoms. The van der Waals surface area contributed by atoms with Gasteiger partial charge in [-0.05, 0) is 30.2 Å². The fourth-order valence-electron chi connectivity index (χ4n) is 3.17. The third-order valence-corrected chi connectivity index (χ3v) is 4.98. The molecule has 0 radical (unpaired) electrons. The Morgan fingerprint density at radius 3 is 2.71 bits per heavy atom. The topological polar surface area (TPSA) is 92.7 Å². The third kappa shape index (κ3) is 3.54. The molecular formula is C20H18ClN5O2.